The summed E-state index contributed by atoms with van der Waals surface area (Å²) in [5.74, 6) is 1.97. The quantitative estimate of drug-likeness (QED) is 0.575. The molecule has 0 N–H and O–H groups in total. The third-order valence-corrected chi connectivity index (χ3v) is 3.80. The third-order valence-electron chi connectivity index (χ3n) is 3.80. The van der Waals surface area contributed by atoms with Crippen LogP contribution in [0.5, 0.6) is 0 Å². The summed E-state index contributed by atoms with van der Waals surface area (Å²) in [4.78, 5) is 0. The Morgan fingerprint density at radius 1 is 1.42 bits per heavy atom. The van der Waals surface area contributed by atoms with Crippen LogP contribution in [0.15, 0.2) is 0 Å². The second-order valence-electron chi connectivity index (χ2n) is 4.94. The van der Waals surface area contributed by atoms with Gasteiger partial charge in [-0.3, -0.25) is 0 Å². The first-order valence-electron chi connectivity index (χ1n) is 5.64. The van der Waals surface area contributed by atoms with Crippen LogP contribution in [0.3, 0.4) is 0 Å². The molecule has 3 unspecified atom stereocenters. The summed E-state index contributed by atoms with van der Waals surface area (Å²) < 4.78 is 0. The maximum absolute atomic E-state index is 2.43. The second-order valence-corrected chi connectivity index (χ2v) is 4.94. The van der Waals surface area contributed by atoms with Crippen LogP contribution in [-0.2, 0) is 0 Å². The molecule has 0 bridgehead atoms. The van der Waals surface area contributed by atoms with Crippen molar-refractivity contribution in [3.63, 3.8) is 0 Å². The van der Waals surface area contributed by atoms with Crippen LogP contribution in [0.2, 0.25) is 0 Å². The molecule has 0 spiro atoms. The highest BCUT2D eigenvalue weighted by Gasteiger charge is 2.49. The van der Waals surface area contributed by atoms with Crippen molar-refractivity contribution in [1.82, 2.24) is 0 Å². The van der Waals surface area contributed by atoms with Crippen molar-refractivity contribution >= 4 is 0 Å². The molecule has 1 aliphatic carbocycles. The fraction of sp³-hybridized carbons (Fsp3) is 1.00. The SMILES string of the molecule is CCCC1(CC(C)CC)CC1C. The van der Waals surface area contributed by atoms with Gasteiger partial charge in [-0.1, -0.05) is 40.5 Å². The number of rotatable bonds is 5. The lowest BCUT2D eigenvalue weighted by molar-refractivity contribution is 0.318. The van der Waals surface area contributed by atoms with Crippen LogP contribution in [0.25, 0.3) is 0 Å². The standard InChI is InChI=1S/C12H24/c1-5-7-12(9-11(12)4)8-10(3)6-2/h10-11H,5-9H2,1-4H3. The van der Waals surface area contributed by atoms with E-state index in [1.807, 2.05) is 0 Å². The summed E-state index contributed by atoms with van der Waals surface area (Å²) in [6.07, 6.45) is 7.20. The van der Waals surface area contributed by atoms with E-state index in [1.165, 1.54) is 32.1 Å². The molecule has 0 nitrogen and oxygen atoms in total. The van der Waals surface area contributed by atoms with Crippen LogP contribution < -0.4 is 0 Å². The van der Waals surface area contributed by atoms with Crippen LogP contribution in [0, 0.1) is 17.3 Å². The highest BCUT2D eigenvalue weighted by molar-refractivity contribution is 4.99. The maximum Gasteiger partial charge on any atom is -0.0266 e. The summed E-state index contributed by atoms with van der Waals surface area (Å²) in [5, 5.41) is 0. The molecule has 0 aliphatic heterocycles. The minimum atomic E-state index is 0.782. The normalized spacial score (nSPS) is 36.5. The van der Waals surface area contributed by atoms with Crippen molar-refractivity contribution in [1.29, 1.82) is 0 Å². The average Bonchev–Trinajstić information content (AvgIpc) is 2.62. The summed E-state index contributed by atoms with van der Waals surface area (Å²) in [5.41, 5.74) is 0.782. The Labute approximate surface area is 77.7 Å². The lowest BCUT2D eigenvalue weighted by Gasteiger charge is -2.19. The van der Waals surface area contributed by atoms with Crippen molar-refractivity contribution in [3.8, 4) is 0 Å². The van der Waals surface area contributed by atoms with Crippen molar-refractivity contribution < 1.29 is 0 Å². The van der Waals surface area contributed by atoms with E-state index in [0.717, 1.165) is 17.3 Å². The highest BCUT2D eigenvalue weighted by atomic mass is 14.5. The minimum Gasteiger partial charge on any atom is -0.0654 e. The average molecular weight is 168 g/mol. The first-order valence-corrected chi connectivity index (χ1v) is 5.64. The van der Waals surface area contributed by atoms with E-state index in [4.69, 9.17) is 0 Å². The molecule has 0 aromatic rings. The van der Waals surface area contributed by atoms with Gasteiger partial charge in [0.2, 0.25) is 0 Å². The predicted octanol–water partition coefficient (Wildman–Crippen LogP) is 4.25. The largest absolute Gasteiger partial charge is 0.0654 e. The van der Waals surface area contributed by atoms with Crippen molar-refractivity contribution in [2.45, 2.75) is 59.8 Å². The fourth-order valence-corrected chi connectivity index (χ4v) is 2.62. The van der Waals surface area contributed by atoms with Gasteiger partial charge in [0.15, 0.2) is 0 Å². The van der Waals surface area contributed by atoms with Crippen molar-refractivity contribution in [2.24, 2.45) is 17.3 Å². The van der Waals surface area contributed by atoms with E-state index in [0.29, 0.717) is 0 Å². The van der Waals surface area contributed by atoms with Gasteiger partial charge in [0.25, 0.3) is 0 Å². The number of hydrogen-bond donors (Lipinski definition) is 0. The van der Waals surface area contributed by atoms with E-state index in [-0.39, 0.29) is 0 Å². The minimum absolute atomic E-state index is 0.782. The van der Waals surface area contributed by atoms with Gasteiger partial charge in [0.1, 0.15) is 0 Å². The van der Waals surface area contributed by atoms with Gasteiger partial charge in [0.05, 0.1) is 0 Å². The number of hydrogen-bond acceptors (Lipinski definition) is 0. The molecular formula is C12H24. The third kappa shape index (κ3) is 2.02. The van der Waals surface area contributed by atoms with Gasteiger partial charge in [0, 0.05) is 0 Å². The summed E-state index contributed by atoms with van der Waals surface area (Å²) in [6, 6.07) is 0. The molecule has 0 aromatic heterocycles. The Morgan fingerprint density at radius 3 is 2.33 bits per heavy atom. The molecule has 0 radical (unpaired) electrons. The van der Waals surface area contributed by atoms with Gasteiger partial charge >= 0.3 is 0 Å². The van der Waals surface area contributed by atoms with Gasteiger partial charge in [-0.15, -0.1) is 0 Å². The van der Waals surface area contributed by atoms with E-state index in [2.05, 4.69) is 27.7 Å². The van der Waals surface area contributed by atoms with Crippen LogP contribution in [0.1, 0.15) is 59.8 Å². The fourth-order valence-electron chi connectivity index (χ4n) is 2.62. The first kappa shape index (κ1) is 10.1. The van der Waals surface area contributed by atoms with E-state index >= 15 is 0 Å². The first-order chi connectivity index (χ1) is 5.64. The van der Waals surface area contributed by atoms with Crippen LogP contribution in [-0.4, -0.2) is 0 Å². The van der Waals surface area contributed by atoms with Gasteiger partial charge in [-0.2, -0.15) is 0 Å². The summed E-state index contributed by atoms with van der Waals surface area (Å²) in [7, 11) is 0. The lowest BCUT2D eigenvalue weighted by Crippen LogP contribution is -2.08. The molecule has 0 heterocycles. The lowest BCUT2D eigenvalue weighted by atomic mass is 9.86. The Kier molecular flexibility index (Phi) is 3.20. The molecule has 1 saturated carbocycles. The van der Waals surface area contributed by atoms with Crippen molar-refractivity contribution in [3.05, 3.63) is 0 Å². The Hall–Kier alpha value is 0. The Morgan fingerprint density at radius 2 is 2.00 bits per heavy atom. The highest BCUT2D eigenvalue weighted by Crippen LogP contribution is 2.59. The molecule has 0 aromatic carbocycles. The van der Waals surface area contributed by atoms with Gasteiger partial charge in [-0.05, 0) is 36.5 Å². The molecule has 1 rings (SSSR count). The summed E-state index contributed by atoms with van der Waals surface area (Å²) in [6.45, 7) is 9.47. The molecule has 1 aliphatic rings. The van der Waals surface area contributed by atoms with E-state index < -0.39 is 0 Å². The molecule has 72 valence electrons. The van der Waals surface area contributed by atoms with Gasteiger partial charge in [-0.25, -0.2) is 0 Å². The summed E-state index contributed by atoms with van der Waals surface area (Å²) >= 11 is 0. The second kappa shape index (κ2) is 3.81. The molecule has 1 fully saturated rings. The Bertz CT molecular complexity index is 139. The molecule has 0 saturated heterocycles. The molecular weight excluding hydrogens is 144 g/mol. The van der Waals surface area contributed by atoms with Gasteiger partial charge < -0.3 is 0 Å². The zero-order chi connectivity index (χ0) is 9.19. The van der Waals surface area contributed by atoms with E-state index in [1.54, 1.807) is 0 Å². The van der Waals surface area contributed by atoms with Crippen LogP contribution >= 0.6 is 0 Å². The molecule has 0 amide bonds. The molecule has 12 heavy (non-hydrogen) atoms. The molecule has 0 heteroatoms. The van der Waals surface area contributed by atoms with Crippen molar-refractivity contribution in [2.75, 3.05) is 0 Å². The monoisotopic (exact) mass is 168 g/mol. The predicted molar refractivity (Wildman–Crippen MR) is 55.2 cm³/mol. The Balaban J connectivity index is 2.36. The maximum atomic E-state index is 2.43. The molecule has 3 atom stereocenters. The smallest absolute Gasteiger partial charge is 0.0266 e. The topological polar surface area (TPSA) is 0 Å². The zero-order valence-corrected chi connectivity index (χ0v) is 9.19. The zero-order valence-electron chi connectivity index (χ0n) is 9.19. The van der Waals surface area contributed by atoms with Crippen LogP contribution in [0.4, 0.5) is 0 Å². The van der Waals surface area contributed by atoms with E-state index in [9.17, 15) is 0 Å².